The number of aromatic nitrogens is 3. The van der Waals surface area contributed by atoms with E-state index in [-0.39, 0.29) is 38.2 Å². The molecule has 0 aliphatic heterocycles. The molecule has 0 atom stereocenters. The maximum Gasteiger partial charge on any atom is 0.534 e. The molecule has 1 aromatic carbocycles. The molecule has 3 heterocycles. The van der Waals surface area contributed by atoms with Gasteiger partial charge in [0.2, 0.25) is 0 Å². The van der Waals surface area contributed by atoms with Crippen molar-refractivity contribution in [1.82, 2.24) is 14.8 Å². The van der Waals surface area contributed by atoms with Gasteiger partial charge in [0.05, 0.1) is 19.4 Å². The highest BCUT2D eigenvalue weighted by Gasteiger charge is 2.49. The number of hydrogen-bond donors (Lipinski definition) is 0. The van der Waals surface area contributed by atoms with Crippen LogP contribution >= 0.6 is 0 Å². The Morgan fingerprint density at radius 1 is 1.15 bits per heavy atom. The zero-order chi connectivity index (χ0) is 28.9. The fourth-order valence-corrected chi connectivity index (χ4v) is 3.93. The smallest absolute Gasteiger partial charge is 0.487 e. The second-order valence-electron chi connectivity index (χ2n) is 8.38. The predicted octanol–water partition coefficient (Wildman–Crippen LogP) is 4.79. The number of esters is 1. The SMILES string of the molecule is CCOC(=O)CCc1cn(Cc2ccc(OCc3nc(-c4ccco4)oc3C)cc2)nc1OS(=O)(=O)C(F)(F)F. The Labute approximate surface area is 226 Å². The van der Waals surface area contributed by atoms with Crippen LogP contribution < -0.4 is 8.92 Å². The lowest BCUT2D eigenvalue weighted by Crippen LogP contribution is -2.28. The number of nitrogens with zero attached hydrogens (tertiary/aromatic N) is 3. The van der Waals surface area contributed by atoms with Gasteiger partial charge in [-0.25, -0.2) is 4.98 Å². The van der Waals surface area contributed by atoms with Gasteiger partial charge in [-0.15, -0.1) is 5.10 Å². The van der Waals surface area contributed by atoms with Crippen LogP contribution in [-0.2, 0) is 39.2 Å². The van der Waals surface area contributed by atoms with Crippen molar-refractivity contribution in [3.63, 3.8) is 0 Å². The van der Waals surface area contributed by atoms with E-state index in [1.165, 1.54) is 17.1 Å². The minimum atomic E-state index is -5.96. The standard InChI is InChI=1S/C25H24F3N3O8S/c1-3-35-22(32)11-8-18-14-31(30-23(18)39-40(33,34)25(26,27)28)13-17-6-9-19(10-7-17)37-15-20-16(2)38-24(29-20)21-5-4-12-36-21/h4-7,9-10,12,14H,3,8,11,13,15H2,1-2H3. The van der Waals surface area contributed by atoms with Gasteiger partial charge in [0.25, 0.3) is 11.8 Å². The first-order valence-corrected chi connectivity index (χ1v) is 13.3. The number of furan rings is 1. The minimum absolute atomic E-state index is 0.00210. The molecule has 11 nitrogen and oxygen atoms in total. The number of hydrogen-bond acceptors (Lipinski definition) is 10. The molecule has 15 heteroatoms. The largest absolute Gasteiger partial charge is 0.534 e. The van der Waals surface area contributed by atoms with Gasteiger partial charge in [-0.3, -0.25) is 9.48 Å². The van der Waals surface area contributed by atoms with E-state index in [9.17, 15) is 26.4 Å². The van der Waals surface area contributed by atoms with Crippen LogP contribution in [0.3, 0.4) is 0 Å². The van der Waals surface area contributed by atoms with Gasteiger partial charge in [-0.1, -0.05) is 12.1 Å². The lowest BCUT2D eigenvalue weighted by atomic mass is 10.2. The van der Waals surface area contributed by atoms with Crippen molar-refractivity contribution in [2.24, 2.45) is 0 Å². The van der Waals surface area contributed by atoms with Crippen molar-refractivity contribution >= 4 is 16.1 Å². The molecule has 214 valence electrons. The molecule has 0 fully saturated rings. The summed E-state index contributed by atoms with van der Waals surface area (Å²) in [6.07, 6.45) is 2.48. The molecular weight excluding hydrogens is 559 g/mol. The van der Waals surface area contributed by atoms with E-state index in [0.29, 0.717) is 34.4 Å². The van der Waals surface area contributed by atoms with Crippen LogP contribution in [0.5, 0.6) is 11.6 Å². The Morgan fingerprint density at radius 2 is 1.90 bits per heavy atom. The third-order valence-corrected chi connectivity index (χ3v) is 6.39. The van der Waals surface area contributed by atoms with E-state index in [0.717, 1.165) is 0 Å². The number of carbonyl (C=O) groups excluding carboxylic acids is 1. The van der Waals surface area contributed by atoms with Crippen molar-refractivity contribution in [2.75, 3.05) is 6.61 Å². The van der Waals surface area contributed by atoms with Crippen molar-refractivity contribution < 1.29 is 48.9 Å². The Morgan fingerprint density at radius 3 is 2.55 bits per heavy atom. The number of oxazole rings is 1. The predicted molar refractivity (Wildman–Crippen MR) is 132 cm³/mol. The number of ether oxygens (including phenoxy) is 2. The quantitative estimate of drug-likeness (QED) is 0.130. The molecule has 0 aliphatic carbocycles. The number of benzene rings is 1. The molecule has 0 amide bonds. The normalized spacial score (nSPS) is 11.9. The van der Waals surface area contributed by atoms with Crippen molar-refractivity contribution in [3.05, 3.63) is 71.4 Å². The highest BCUT2D eigenvalue weighted by molar-refractivity contribution is 7.87. The molecule has 4 rings (SSSR count). The summed E-state index contributed by atoms with van der Waals surface area (Å²) < 4.78 is 88.7. The van der Waals surface area contributed by atoms with Gasteiger partial charge in [-0.05, 0) is 50.1 Å². The molecule has 0 unspecified atom stereocenters. The lowest BCUT2D eigenvalue weighted by molar-refractivity contribution is -0.143. The van der Waals surface area contributed by atoms with E-state index >= 15 is 0 Å². The summed E-state index contributed by atoms with van der Waals surface area (Å²) in [6.45, 7) is 3.67. The van der Waals surface area contributed by atoms with E-state index in [1.54, 1.807) is 50.2 Å². The summed E-state index contributed by atoms with van der Waals surface area (Å²) in [4.78, 5) is 16.1. The number of alkyl halides is 3. The van der Waals surface area contributed by atoms with Crippen molar-refractivity contribution in [2.45, 2.75) is 45.3 Å². The molecule has 0 radical (unpaired) electrons. The fourth-order valence-electron chi connectivity index (χ4n) is 3.49. The summed E-state index contributed by atoms with van der Waals surface area (Å²) in [5.74, 6) is 0.550. The summed E-state index contributed by atoms with van der Waals surface area (Å²) in [5.41, 5.74) is -4.38. The second kappa shape index (κ2) is 11.9. The molecule has 4 aromatic rings. The number of rotatable bonds is 12. The number of carbonyl (C=O) groups is 1. The van der Waals surface area contributed by atoms with Crippen LogP contribution in [0.25, 0.3) is 11.7 Å². The fraction of sp³-hybridized carbons (Fsp3) is 0.320. The Kier molecular flexibility index (Phi) is 8.52. The molecular formula is C25H24F3N3O8S. The van der Waals surface area contributed by atoms with Crippen LogP contribution in [0.2, 0.25) is 0 Å². The molecule has 0 bridgehead atoms. The summed E-state index contributed by atoms with van der Waals surface area (Å²) in [5, 5.41) is 3.87. The minimum Gasteiger partial charge on any atom is -0.487 e. The zero-order valence-electron chi connectivity index (χ0n) is 21.3. The van der Waals surface area contributed by atoms with Gasteiger partial charge in [0.15, 0.2) is 5.76 Å². The van der Waals surface area contributed by atoms with E-state index < -0.39 is 27.5 Å². The van der Waals surface area contributed by atoms with E-state index in [2.05, 4.69) is 14.3 Å². The van der Waals surface area contributed by atoms with Crippen LogP contribution in [0.4, 0.5) is 13.2 Å². The third kappa shape index (κ3) is 7.02. The lowest BCUT2D eigenvalue weighted by Gasteiger charge is -2.08. The maximum absolute atomic E-state index is 12.9. The van der Waals surface area contributed by atoms with Crippen LogP contribution in [0, 0.1) is 6.92 Å². The maximum atomic E-state index is 12.9. The third-order valence-electron chi connectivity index (χ3n) is 5.44. The average Bonchev–Trinajstić information content (AvgIpc) is 3.62. The van der Waals surface area contributed by atoms with E-state index in [4.69, 9.17) is 18.3 Å². The molecule has 0 spiro atoms. The highest BCUT2D eigenvalue weighted by atomic mass is 32.2. The molecule has 0 saturated carbocycles. The zero-order valence-corrected chi connectivity index (χ0v) is 22.1. The summed E-state index contributed by atoms with van der Waals surface area (Å²) in [6, 6.07) is 10.2. The molecule has 0 aliphatic rings. The first kappa shape index (κ1) is 28.7. The first-order chi connectivity index (χ1) is 18.9. The first-order valence-electron chi connectivity index (χ1n) is 11.9. The van der Waals surface area contributed by atoms with Gasteiger partial charge < -0.3 is 22.5 Å². The average molecular weight is 584 g/mol. The van der Waals surface area contributed by atoms with Crippen LogP contribution in [0.15, 0.2) is 57.7 Å². The number of halogens is 3. The van der Waals surface area contributed by atoms with Gasteiger partial charge in [0.1, 0.15) is 23.8 Å². The van der Waals surface area contributed by atoms with E-state index in [1.807, 2.05) is 0 Å². The summed E-state index contributed by atoms with van der Waals surface area (Å²) >= 11 is 0. The van der Waals surface area contributed by atoms with Crippen molar-refractivity contribution in [3.8, 4) is 23.3 Å². The van der Waals surface area contributed by atoms with Crippen LogP contribution in [0.1, 0.15) is 35.9 Å². The van der Waals surface area contributed by atoms with Crippen LogP contribution in [-0.4, -0.2) is 41.3 Å². The molecule has 0 saturated heterocycles. The monoisotopic (exact) mass is 583 g/mol. The number of aryl methyl sites for hydroxylation is 2. The van der Waals surface area contributed by atoms with Crippen molar-refractivity contribution in [1.29, 1.82) is 0 Å². The molecule has 0 N–H and O–H groups in total. The van der Waals surface area contributed by atoms with Gasteiger partial charge in [0, 0.05) is 18.2 Å². The Bertz CT molecular complexity index is 1540. The van der Waals surface area contributed by atoms with Gasteiger partial charge >= 0.3 is 21.6 Å². The second-order valence-corrected chi connectivity index (χ2v) is 9.91. The topological polar surface area (TPSA) is 136 Å². The Balaban J connectivity index is 1.43. The molecule has 3 aromatic heterocycles. The molecule has 40 heavy (non-hydrogen) atoms. The van der Waals surface area contributed by atoms with Gasteiger partial charge in [-0.2, -0.15) is 21.6 Å². The summed E-state index contributed by atoms with van der Waals surface area (Å²) in [7, 11) is -5.96. The Hall–Kier alpha value is -4.27. The highest BCUT2D eigenvalue weighted by Crippen LogP contribution is 2.29.